The van der Waals surface area contributed by atoms with Gasteiger partial charge in [-0.15, -0.1) is 5.10 Å². The summed E-state index contributed by atoms with van der Waals surface area (Å²) in [4.78, 5) is 13.8. The number of likely N-dealkylation sites (N-methyl/N-ethyl adjacent to an activating group) is 1. The SMILES string of the molecule is CCCN(CC)CCNc1ccc2n[nH]c(=O)n2n1. The fourth-order valence-electron chi connectivity index (χ4n) is 1.98. The van der Waals surface area contributed by atoms with Gasteiger partial charge in [-0.1, -0.05) is 13.8 Å². The van der Waals surface area contributed by atoms with Gasteiger partial charge >= 0.3 is 5.69 Å². The van der Waals surface area contributed by atoms with E-state index in [1.807, 2.05) is 6.07 Å². The molecular weight excluding hydrogens is 244 g/mol. The first-order valence-corrected chi connectivity index (χ1v) is 6.65. The van der Waals surface area contributed by atoms with Crippen LogP contribution >= 0.6 is 0 Å². The van der Waals surface area contributed by atoms with Gasteiger partial charge in [0.25, 0.3) is 0 Å². The number of nitrogens with zero attached hydrogens (tertiary/aromatic N) is 4. The summed E-state index contributed by atoms with van der Waals surface area (Å²) in [5, 5.41) is 13.6. The normalized spacial score (nSPS) is 11.3. The molecule has 2 aromatic heterocycles. The fraction of sp³-hybridized carbons (Fsp3) is 0.583. The zero-order valence-electron chi connectivity index (χ0n) is 11.4. The summed E-state index contributed by atoms with van der Waals surface area (Å²) in [6, 6.07) is 3.59. The minimum Gasteiger partial charge on any atom is -0.367 e. The number of hydrogen-bond donors (Lipinski definition) is 2. The molecule has 7 heteroatoms. The fourth-order valence-corrected chi connectivity index (χ4v) is 1.98. The Morgan fingerprint density at radius 3 is 2.95 bits per heavy atom. The molecule has 2 aromatic rings. The van der Waals surface area contributed by atoms with Crippen molar-refractivity contribution < 1.29 is 0 Å². The molecule has 7 nitrogen and oxygen atoms in total. The molecule has 0 spiro atoms. The van der Waals surface area contributed by atoms with Gasteiger partial charge in [-0.25, -0.2) is 9.89 Å². The third-order valence-corrected chi connectivity index (χ3v) is 2.99. The molecule has 0 amide bonds. The van der Waals surface area contributed by atoms with Crippen LogP contribution < -0.4 is 11.0 Å². The van der Waals surface area contributed by atoms with Crippen molar-refractivity contribution in [1.29, 1.82) is 0 Å². The van der Waals surface area contributed by atoms with Crippen molar-refractivity contribution in [3.63, 3.8) is 0 Å². The molecule has 0 aromatic carbocycles. The van der Waals surface area contributed by atoms with Gasteiger partial charge in [-0.3, -0.25) is 0 Å². The maximum Gasteiger partial charge on any atom is 0.364 e. The Morgan fingerprint density at radius 2 is 2.21 bits per heavy atom. The van der Waals surface area contributed by atoms with E-state index in [1.165, 1.54) is 4.52 Å². The lowest BCUT2D eigenvalue weighted by Gasteiger charge is -2.19. The molecule has 0 unspecified atom stereocenters. The number of anilines is 1. The van der Waals surface area contributed by atoms with E-state index in [0.717, 1.165) is 32.6 Å². The topological polar surface area (TPSA) is 78.3 Å². The largest absolute Gasteiger partial charge is 0.367 e. The summed E-state index contributed by atoms with van der Waals surface area (Å²) in [7, 11) is 0. The van der Waals surface area contributed by atoms with Gasteiger partial charge < -0.3 is 10.2 Å². The minimum atomic E-state index is -0.320. The van der Waals surface area contributed by atoms with Crippen molar-refractivity contribution in [3.8, 4) is 0 Å². The molecule has 0 radical (unpaired) electrons. The van der Waals surface area contributed by atoms with Crippen LogP contribution in [0, 0.1) is 0 Å². The van der Waals surface area contributed by atoms with Gasteiger partial charge in [0.05, 0.1) is 0 Å². The highest BCUT2D eigenvalue weighted by atomic mass is 16.2. The zero-order valence-corrected chi connectivity index (χ0v) is 11.4. The van der Waals surface area contributed by atoms with Crippen molar-refractivity contribution in [2.45, 2.75) is 20.3 Å². The van der Waals surface area contributed by atoms with Gasteiger partial charge in [0, 0.05) is 13.1 Å². The van der Waals surface area contributed by atoms with Crippen LogP contribution in [0.5, 0.6) is 0 Å². The van der Waals surface area contributed by atoms with Crippen molar-refractivity contribution in [2.75, 3.05) is 31.5 Å². The number of H-pyrrole nitrogens is 1. The molecule has 0 aliphatic rings. The Morgan fingerprint density at radius 1 is 1.37 bits per heavy atom. The third kappa shape index (κ3) is 3.31. The number of aromatic amines is 1. The molecule has 104 valence electrons. The molecule has 2 rings (SSSR count). The monoisotopic (exact) mass is 264 g/mol. The van der Waals surface area contributed by atoms with Gasteiger partial charge in [0.1, 0.15) is 5.82 Å². The highest BCUT2D eigenvalue weighted by Crippen LogP contribution is 2.02. The van der Waals surface area contributed by atoms with Crippen molar-refractivity contribution in [2.24, 2.45) is 0 Å². The highest BCUT2D eigenvalue weighted by molar-refractivity contribution is 5.42. The van der Waals surface area contributed by atoms with Crippen molar-refractivity contribution in [3.05, 3.63) is 22.6 Å². The van der Waals surface area contributed by atoms with Crippen LogP contribution in [-0.2, 0) is 0 Å². The zero-order chi connectivity index (χ0) is 13.7. The molecule has 0 aliphatic carbocycles. The summed E-state index contributed by atoms with van der Waals surface area (Å²) >= 11 is 0. The van der Waals surface area contributed by atoms with Crippen LogP contribution in [0.4, 0.5) is 5.82 Å². The standard InChI is InChI=1S/C12H20N6O/c1-3-8-17(4-2)9-7-13-10-5-6-11-14-15-12(19)18(11)16-10/h5-6H,3-4,7-9H2,1-2H3,(H,13,16)(H,15,19). The molecule has 0 atom stereocenters. The molecule has 0 saturated carbocycles. The average Bonchev–Trinajstić information content (AvgIpc) is 2.79. The number of rotatable bonds is 7. The predicted molar refractivity (Wildman–Crippen MR) is 74.5 cm³/mol. The molecule has 0 bridgehead atoms. The summed E-state index contributed by atoms with van der Waals surface area (Å²) in [6.45, 7) is 8.25. The summed E-state index contributed by atoms with van der Waals surface area (Å²) in [5.41, 5.74) is 0.205. The Balaban J connectivity index is 1.94. The van der Waals surface area contributed by atoms with Crippen molar-refractivity contribution >= 4 is 11.5 Å². The highest BCUT2D eigenvalue weighted by Gasteiger charge is 2.03. The van der Waals surface area contributed by atoms with E-state index >= 15 is 0 Å². The summed E-state index contributed by atoms with van der Waals surface area (Å²) < 4.78 is 1.26. The Hall–Kier alpha value is -1.89. The van der Waals surface area contributed by atoms with E-state index in [0.29, 0.717) is 11.5 Å². The molecule has 2 N–H and O–H groups in total. The first-order valence-electron chi connectivity index (χ1n) is 6.65. The van der Waals surface area contributed by atoms with E-state index in [4.69, 9.17) is 0 Å². The van der Waals surface area contributed by atoms with E-state index < -0.39 is 0 Å². The van der Waals surface area contributed by atoms with Gasteiger partial charge in [-0.2, -0.15) is 9.61 Å². The second kappa shape index (κ2) is 6.33. The maximum absolute atomic E-state index is 11.4. The van der Waals surface area contributed by atoms with Crippen LogP contribution in [0.15, 0.2) is 16.9 Å². The van der Waals surface area contributed by atoms with Gasteiger partial charge in [-0.05, 0) is 31.6 Å². The van der Waals surface area contributed by atoms with E-state index in [9.17, 15) is 4.79 Å². The summed E-state index contributed by atoms with van der Waals surface area (Å²) in [6.07, 6.45) is 1.16. The van der Waals surface area contributed by atoms with Crippen LogP contribution in [-0.4, -0.2) is 50.9 Å². The second-order valence-corrected chi connectivity index (χ2v) is 4.38. The van der Waals surface area contributed by atoms with Crippen LogP contribution in [0.3, 0.4) is 0 Å². The summed E-state index contributed by atoms with van der Waals surface area (Å²) in [5.74, 6) is 0.684. The smallest absolute Gasteiger partial charge is 0.364 e. The molecule has 19 heavy (non-hydrogen) atoms. The van der Waals surface area contributed by atoms with Gasteiger partial charge in [0.2, 0.25) is 0 Å². The lowest BCUT2D eigenvalue weighted by atomic mass is 10.4. The van der Waals surface area contributed by atoms with E-state index in [1.54, 1.807) is 6.07 Å². The van der Waals surface area contributed by atoms with Crippen LogP contribution in [0.1, 0.15) is 20.3 Å². The molecule has 0 saturated heterocycles. The van der Waals surface area contributed by atoms with E-state index in [-0.39, 0.29) is 5.69 Å². The molecule has 0 aliphatic heterocycles. The average molecular weight is 264 g/mol. The third-order valence-electron chi connectivity index (χ3n) is 2.99. The molecule has 2 heterocycles. The quantitative estimate of drug-likeness (QED) is 0.764. The number of hydrogen-bond acceptors (Lipinski definition) is 5. The minimum absolute atomic E-state index is 0.320. The molecular formula is C12H20N6O. The Kier molecular flexibility index (Phi) is 4.51. The maximum atomic E-state index is 11.4. The number of fused-ring (bicyclic) bond motifs is 1. The van der Waals surface area contributed by atoms with Crippen LogP contribution in [0.2, 0.25) is 0 Å². The Labute approximate surface area is 111 Å². The van der Waals surface area contributed by atoms with Crippen LogP contribution in [0.25, 0.3) is 5.65 Å². The second-order valence-electron chi connectivity index (χ2n) is 4.38. The molecule has 0 fully saturated rings. The lowest BCUT2D eigenvalue weighted by Crippen LogP contribution is -2.30. The first kappa shape index (κ1) is 13.5. The van der Waals surface area contributed by atoms with Crippen molar-refractivity contribution in [1.82, 2.24) is 24.7 Å². The first-order chi connectivity index (χ1) is 9.24. The number of aromatic nitrogens is 4. The van der Waals surface area contributed by atoms with E-state index in [2.05, 4.69) is 39.4 Å². The Bertz CT molecular complexity index is 575. The predicted octanol–water partition coefficient (Wildman–Crippen LogP) is 0.561. The number of nitrogens with one attached hydrogen (secondary N) is 2. The lowest BCUT2D eigenvalue weighted by molar-refractivity contribution is 0.300. The van der Waals surface area contributed by atoms with Gasteiger partial charge in [0.15, 0.2) is 5.65 Å².